The van der Waals surface area contributed by atoms with E-state index in [0.717, 1.165) is 5.69 Å². The molecule has 0 aliphatic heterocycles. The molecule has 1 aromatic carbocycles. The van der Waals surface area contributed by atoms with E-state index < -0.39 is 5.97 Å². The highest BCUT2D eigenvalue weighted by molar-refractivity contribution is 6.32. The van der Waals surface area contributed by atoms with Crippen LogP contribution >= 0.6 is 11.6 Å². The fraction of sp³-hybridized carbons (Fsp3) is 0.294. The van der Waals surface area contributed by atoms with Crippen LogP contribution in [-0.4, -0.2) is 26.4 Å². The van der Waals surface area contributed by atoms with Crippen molar-refractivity contribution < 1.29 is 19.2 Å². The van der Waals surface area contributed by atoms with Crippen LogP contribution in [0, 0.1) is 6.92 Å². The van der Waals surface area contributed by atoms with Crippen molar-refractivity contribution >= 4 is 28.5 Å². The number of hydrogen-bond acceptors (Lipinski definition) is 6. The van der Waals surface area contributed by atoms with Crippen molar-refractivity contribution in [1.82, 2.24) is 15.4 Å². The highest BCUT2D eigenvalue weighted by atomic mass is 35.5. The molecule has 0 saturated carbocycles. The molecule has 8 heteroatoms. The molecular weight excluding hydrogens is 346 g/mol. The summed E-state index contributed by atoms with van der Waals surface area (Å²) in [6.07, 6.45) is -0.105. The Labute approximate surface area is 148 Å². The van der Waals surface area contributed by atoms with Crippen LogP contribution < -0.4 is 4.74 Å². The molecule has 0 amide bonds. The number of fused-ring (bicyclic) bond motifs is 1. The summed E-state index contributed by atoms with van der Waals surface area (Å²) in [6.45, 7) is 3.71. The summed E-state index contributed by atoms with van der Waals surface area (Å²) in [7, 11) is 0. The van der Waals surface area contributed by atoms with Gasteiger partial charge in [-0.2, -0.15) is 10.2 Å². The second-order valence-corrected chi connectivity index (χ2v) is 6.07. The molecule has 1 N–H and O–H groups in total. The lowest BCUT2D eigenvalue weighted by Gasteiger charge is -2.14. The Bertz CT molecular complexity index is 908. The first-order valence-corrected chi connectivity index (χ1v) is 8.08. The van der Waals surface area contributed by atoms with Gasteiger partial charge in [0.15, 0.2) is 5.58 Å². The van der Waals surface area contributed by atoms with Gasteiger partial charge in [0, 0.05) is 17.9 Å². The third-order valence-electron chi connectivity index (χ3n) is 3.71. The van der Waals surface area contributed by atoms with Crippen molar-refractivity contribution in [3.8, 4) is 5.75 Å². The average molecular weight is 362 g/mol. The molecule has 130 valence electrons. The maximum absolute atomic E-state index is 10.7. The first-order valence-electron chi connectivity index (χ1n) is 7.70. The van der Waals surface area contributed by atoms with Crippen molar-refractivity contribution in [3.05, 3.63) is 46.4 Å². The van der Waals surface area contributed by atoms with Gasteiger partial charge in [-0.05, 0) is 32.0 Å². The number of carboxylic acids is 1. The van der Waals surface area contributed by atoms with Gasteiger partial charge in [-0.15, -0.1) is 0 Å². The summed E-state index contributed by atoms with van der Waals surface area (Å²) in [5, 5.41) is 21.9. The number of aromatic nitrogens is 3. The second-order valence-electron chi connectivity index (χ2n) is 5.66. The van der Waals surface area contributed by atoms with Gasteiger partial charge in [0.25, 0.3) is 0 Å². The first-order chi connectivity index (χ1) is 11.9. The molecular formula is C17H16ClN3O4. The van der Waals surface area contributed by atoms with E-state index >= 15 is 0 Å². The Balaban J connectivity index is 1.83. The minimum atomic E-state index is -0.893. The van der Waals surface area contributed by atoms with Gasteiger partial charge in [0.2, 0.25) is 0 Å². The fourth-order valence-electron chi connectivity index (χ4n) is 2.36. The molecule has 0 fully saturated rings. The lowest BCUT2D eigenvalue weighted by atomic mass is 10.1. The van der Waals surface area contributed by atoms with Crippen LogP contribution in [0.15, 0.2) is 28.8 Å². The van der Waals surface area contributed by atoms with Gasteiger partial charge in [0.1, 0.15) is 17.5 Å². The van der Waals surface area contributed by atoms with E-state index in [1.165, 1.54) is 0 Å². The molecule has 2 aromatic heterocycles. The number of ether oxygens (including phenoxy) is 1. The molecule has 0 unspecified atom stereocenters. The molecule has 0 saturated heterocycles. The SMILES string of the molecule is Cc1ccc([C@H](C)Oc2cc3onc(CCC(=O)O)c3cc2Cl)nn1. The smallest absolute Gasteiger partial charge is 0.303 e. The average Bonchev–Trinajstić information content (AvgIpc) is 2.95. The molecule has 1 atom stereocenters. The van der Waals surface area contributed by atoms with Crippen molar-refractivity contribution in [1.29, 1.82) is 0 Å². The van der Waals surface area contributed by atoms with Crippen molar-refractivity contribution in [2.75, 3.05) is 0 Å². The van der Waals surface area contributed by atoms with Crippen LogP contribution in [0.4, 0.5) is 0 Å². The van der Waals surface area contributed by atoms with Gasteiger partial charge in [-0.1, -0.05) is 16.8 Å². The van der Waals surface area contributed by atoms with Crippen LogP contribution in [0.2, 0.25) is 5.02 Å². The number of halogens is 1. The third kappa shape index (κ3) is 3.88. The normalized spacial score (nSPS) is 12.3. The fourth-order valence-corrected chi connectivity index (χ4v) is 2.57. The lowest BCUT2D eigenvalue weighted by molar-refractivity contribution is -0.136. The Morgan fingerprint density at radius 1 is 1.36 bits per heavy atom. The zero-order valence-corrected chi connectivity index (χ0v) is 14.4. The van der Waals surface area contributed by atoms with Gasteiger partial charge >= 0.3 is 5.97 Å². The van der Waals surface area contributed by atoms with E-state index in [-0.39, 0.29) is 18.9 Å². The standard InChI is InChI=1S/C17H16ClN3O4/c1-9-3-4-13(20-19-9)10(2)24-16-8-15-11(7-12(16)18)14(21-25-15)5-6-17(22)23/h3-4,7-8,10H,5-6H2,1-2H3,(H,22,23)/t10-/m0/s1. The number of carbonyl (C=O) groups is 1. The summed E-state index contributed by atoms with van der Waals surface area (Å²) in [5.41, 5.74) is 2.55. The number of hydrogen-bond donors (Lipinski definition) is 1. The largest absolute Gasteiger partial charge is 0.483 e. The summed E-state index contributed by atoms with van der Waals surface area (Å²) in [6, 6.07) is 7.02. The van der Waals surface area contributed by atoms with Crippen molar-refractivity contribution in [2.24, 2.45) is 0 Å². The summed E-state index contributed by atoms with van der Waals surface area (Å²) in [5.74, 6) is -0.458. The van der Waals surface area contributed by atoms with Crippen molar-refractivity contribution in [2.45, 2.75) is 32.8 Å². The predicted molar refractivity (Wildman–Crippen MR) is 90.8 cm³/mol. The summed E-state index contributed by atoms with van der Waals surface area (Å²) < 4.78 is 11.1. The molecule has 0 spiro atoms. The Morgan fingerprint density at radius 2 is 2.16 bits per heavy atom. The third-order valence-corrected chi connectivity index (χ3v) is 4.01. The van der Waals surface area contributed by atoms with E-state index in [0.29, 0.717) is 33.1 Å². The molecule has 7 nitrogen and oxygen atoms in total. The van der Waals surface area contributed by atoms with Crippen LogP contribution in [0.5, 0.6) is 5.75 Å². The zero-order chi connectivity index (χ0) is 18.0. The zero-order valence-electron chi connectivity index (χ0n) is 13.7. The number of rotatable bonds is 6. The molecule has 2 heterocycles. The lowest BCUT2D eigenvalue weighted by Crippen LogP contribution is -2.07. The summed E-state index contributed by atoms with van der Waals surface area (Å²) in [4.78, 5) is 10.7. The minimum Gasteiger partial charge on any atom is -0.483 e. The van der Waals surface area contributed by atoms with Crippen LogP contribution in [0.3, 0.4) is 0 Å². The molecule has 0 aliphatic rings. The number of aryl methyl sites for hydroxylation is 2. The number of aliphatic carboxylic acids is 1. The molecule has 25 heavy (non-hydrogen) atoms. The minimum absolute atomic E-state index is 0.0272. The van der Waals surface area contributed by atoms with E-state index in [4.69, 9.17) is 26.0 Å². The maximum atomic E-state index is 10.7. The molecule has 0 bridgehead atoms. The van der Waals surface area contributed by atoms with Gasteiger partial charge in [-0.25, -0.2) is 0 Å². The van der Waals surface area contributed by atoms with Crippen molar-refractivity contribution in [3.63, 3.8) is 0 Å². The van der Waals surface area contributed by atoms with Crippen LogP contribution in [0.1, 0.15) is 36.5 Å². The number of benzene rings is 1. The second kappa shape index (κ2) is 7.06. The van der Waals surface area contributed by atoms with E-state index in [2.05, 4.69) is 15.4 Å². The highest BCUT2D eigenvalue weighted by Crippen LogP contribution is 2.34. The van der Waals surface area contributed by atoms with Gasteiger partial charge < -0.3 is 14.4 Å². The first kappa shape index (κ1) is 17.2. The molecule has 3 aromatic rings. The quantitative estimate of drug-likeness (QED) is 0.714. The van der Waals surface area contributed by atoms with Gasteiger partial charge in [-0.3, -0.25) is 4.79 Å². The molecule has 0 aliphatic carbocycles. The van der Waals surface area contributed by atoms with E-state index in [1.807, 2.05) is 26.0 Å². The van der Waals surface area contributed by atoms with Crippen LogP contribution in [-0.2, 0) is 11.2 Å². The number of carboxylic acid groups (broad SMARTS) is 1. The Hall–Kier alpha value is -2.67. The monoisotopic (exact) mass is 361 g/mol. The summed E-state index contributed by atoms with van der Waals surface area (Å²) >= 11 is 6.30. The number of nitrogens with zero attached hydrogens (tertiary/aromatic N) is 3. The maximum Gasteiger partial charge on any atom is 0.303 e. The Kier molecular flexibility index (Phi) is 4.85. The highest BCUT2D eigenvalue weighted by Gasteiger charge is 2.17. The molecule has 0 radical (unpaired) electrons. The van der Waals surface area contributed by atoms with Gasteiger partial charge in [0.05, 0.1) is 22.8 Å². The van der Waals surface area contributed by atoms with E-state index in [9.17, 15) is 4.79 Å². The van der Waals surface area contributed by atoms with Crippen LogP contribution in [0.25, 0.3) is 11.0 Å². The predicted octanol–water partition coefficient (Wildman–Crippen LogP) is 3.74. The molecule has 3 rings (SSSR count). The van der Waals surface area contributed by atoms with E-state index in [1.54, 1.807) is 12.1 Å². The topological polar surface area (TPSA) is 98.3 Å². The Morgan fingerprint density at radius 3 is 2.84 bits per heavy atom.